The van der Waals surface area contributed by atoms with Gasteiger partial charge in [0.15, 0.2) is 5.11 Å². The van der Waals surface area contributed by atoms with E-state index in [4.69, 9.17) is 12.2 Å². The van der Waals surface area contributed by atoms with Crippen LogP contribution >= 0.6 is 12.2 Å². The van der Waals surface area contributed by atoms with Gasteiger partial charge in [-0.3, -0.25) is 10.1 Å². The van der Waals surface area contributed by atoms with Crippen molar-refractivity contribution in [3.63, 3.8) is 0 Å². The van der Waals surface area contributed by atoms with Crippen LogP contribution in [0.2, 0.25) is 0 Å². The number of hydrogen-bond donors (Lipinski definition) is 2. The first-order chi connectivity index (χ1) is 11.7. The van der Waals surface area contributed by atoms with Gasteiger partial charge in [0.2, 0.25) is 0 Å². The Kier molecular flexibility index (Phi) is 5.88. The van der Waals surface area contributed by atoms with Crippen molar-refractivity contribution in [2.45, 2.75) is 12.9 Å². The predicted molar refractivity (Wildman–Crippen MR) is 87.2 cm³/mol. The molecule has 12 heteroatoms. The number of anilines is 2. The van der Waals surface area contributed by atoms with Crippen molar-refractivity contribution in [3.8, 4) is 0 Å². The van der Waals surface area contributed by atoms with Gasteiger partial charge in [-0.2, -0.15) is 18.3 Å². The highest BCUT2D eigenvalue weighted by Crippen LogP contribution is 2.16. The van der Waals surface area contributed by atoms with E-state index >= 15 is 0 Å². The third-order valence-electron chi connectivity index (χ3n) is 2.72. The lowest BCUT2D eigenvalue weighted by Crippen LogP contribution is -2.19. The Labute approximate surface area is 144 Å². The number of hydrogen-bond acceptors (Lipinski definition) is 5. The molecule has 134 valence electrons. The van der Waals surface area contributed by atoms with Crippen molar-refractivity contribution in [1.82, 2.24) is 9.78 Å². The first-order valence-corrected chi connectivity index (χ1v) is 7.13. The van der Waals surface area contributed by atoms with Gasteiger partial charge in [0, 0.05) is 17.8 Å². The summed E-state index contributed by atoms with van der Waals surface area (Å²) in [6.45, 7) is -1.72. The summed E-state index contributed by atoms with van der Waals surface area (Å²) < 4.78 is 41.6. The molecule has 1 aromatic carbocycles. The molecule has 0 radical (unpaired) electrons. The summed E-state index contributed by atoms with van der Waals surface area (Å²) in [6, 6.07) is 5.61. The van der Waals surface area contributed by atoms with E-state index in [2.05, 4.69) is 20.5 Å². The van der Waals surface area contributed by atoms with Crippen LogP contribution in [0, 0.1) is 10.1 Å². The highest BCUT2D eigenvalue weighted by atomic mass is 32.1. The van der Waals surface area contributed by atoms with Crippen molar-refractivity contribution in [1.29, 1.82) is 0 Å². The first-order valence-electron chi connectivity index (χ1n) is 6.72. The van der Waals surface area contributed by atoms with Gasteiger partial charge in [0.05, 0.1) is 23.0 Å². The molecule has 2 rings (SSSR count). The van der Waals surface area contributed by atoms with Gasteiger partial charge in [-0.15, -0.1) is 0 Å². The maximum absolute atomic E-state index is 12.0. The number of nitro groups is 1. The third kappa shape index (κ3) is 6.35. The molecule has 0 aliphatic rings. The van der Waals surface area contributed by atoms with Gasteiger partial charge in [0.1, 0.15) is 13.3 Å². The van der Waals surface area contributed by atoms with Crippen molar-refractivity contribution in [2.75, 3.05) is 17.2 Å². The summed E-state index contributed by atoms with van der Waals surface area (Å²) in [6.07, 6.45) is -1.62. The second-order valence-corrected chi connectivity index (χ2v) is 5.15. The SMILES string of the molecule is O=[N+]([O-])c1ccc(NC(=S)Nc2cnn(COCC(F)(F)F)c2)cc1. The summed E-state index contributed by atoms with van der Waals surface area (Å²) in [4.78, 5) is 10.1. The summed E-state index contributed by atoms with van der Waals surface area (Å²) in [5, 5.41) is 20.2. The molecule has 0 aliphatic carbocycles. The fourth-order valence-corrected chi connectivity index (χ4v) is 1.95. The number of nitro benzene ring substituents is 1. The number of ether oxygens (including phenoxy) is 1. The van der Waals surface area contributed by atoms with Crippen LogP contribution in [0.1, 0.15) is 0 Å². The summed E-state index contributed by atoms with van der Waals surface area (Å²) in [7, 11) is 0. The van der Waals surface area contributed by atoms with E-state index in [0.29, 0.717) is 11.4 Å². The Balaban J connectivity index is 1.83. The minimum absolute atomic E-state index is 0.0513. The standard InChI is InChI=1S/C13H12F3N5O3S/c14-13(15,16)7-24-8-20-6-10(5-17-20)19-12(25)18-9-1-3-11(4-2-9)21(22)23/h1-6H,7-8H2,(H2,18,19,25). The molecule has 0 fully saturated rings. The molecular weight excluding hydrogens is 363 g/mol. The lowest BCUT2D eigenvalue weighted by molar-refractivity contribution is -0.384. The zero-order valence-electron chi connectivity index (χ0n) is 12.5. The normalized spacial score (nSPS) is 11.2. The molecule has 0 spiro atoms. The van der Waals surface area contributed by atoms with Crippen LogP contribution in [0.4, 0.5) is 30.2 Å². The number of rotatable bonds is 6. The molecular formula is C13H12F3N5O3S. The number of alkyl halides is 3. The molecule has 0 saturated carbocycles. The maximum atomic E-state index is 12.0. The molecule has 0 saturated heterocycles. The summed E-state index contributed by atoms with van der Waals surface area (Å²) in [5.74, 6) is 0. The molecule has 2 aromatic rings. The van der Waals surface area contributed by atoms with Crippen LogP contribution in [-0.2, 0) is 11.5 Å². The van der Waals surface area contributed by atoms with E-state index in [1.54, 1.807) is 0 Å². The van der Waals surface area contributed by atoms with Crippen LogP contribution in [0.15, 0.2) is 36.7 Å². The van der Waals surface area contributed by atoms with Crippen molar-refractivity contribution in [2.24, 2.45) is 0 Å². The number of thiocarbonyl (C=S) groups is 1. The Morgan fingerprint density at radius 2 is 1.92 bits per heavy atom. The molecule has 0 unspecified atom stereocenters. The quantitative estimate of drug-likeness (QED) is 0.455. The second-order valence-electron chi connectivity index (χ2n) is 4.74. The zero-order valence-corrected chi connectivity index (χ0v) is 13.3. The highest BCUT2D eigenvalue weighted by Gasteiger charge is 2.27. The van der Waals surface area contributed by atoms with E-state index in [-0.39, 0.29) is 17.5 Å². The predicted octanol–water partition coefficient (Wildman–Crippen LogP) is 3.14. The number of benzene rings is 1. The number of aromatic nitrogens is 2. The van der Waals surface area contributed by atoms with Gasteiger partial charge in [-0.1, -0.05) is 0 Å². The zero-order chi connectivity index (χ0) is 18.4. The largest absolute Gasteiger partial charge is 0.411 e. The van der Waals surface area contributed by atoms with Crippen LogP contribution in [0.25, 0.3) is 0 Å². The van der Waals surface area contributed by atoms with E-state index in [0.717, 1.165) is 0 Å². The minimum Gasteiger partial charge on any atom is -0.350 e. The molecule has 0 aliphatic heterocycles. The summed E-state index contributed by atoms with van der Waals surface area (Å²) in [5.41, 5.74) is 0.920. The van der Waals surface area contributed by atoms with E-state index < -0.39 is 17.7 Å². The third-order valence-corrected chi connectivity index (χ3v) is 2.92. The Morgan fingerprint density at radius 1 is 1.28 bits per heavy atom. The van der Waals surface area contributed by atoms with Crippen molar-refractivity contribution >= 4 is 34.4 Å². The van der Waals surface area contributed by atoms with Gasteiger partial charge < -0.3 is 15.4 Å². The highest BCUT2D eigenvalue weighted by molar-refractivity contribution is 7.80. The second kappa shape index (κ2) is 7.90. The van der Waals surface area contributed by atoms with E-state index in [1.807, 2.05) is 0 Å². The molecule has 1 heterocycles. The van der Waals surface area contributed by atoms with Gasteiger partial charge in [-0.05, 0) is 24.4 Å². The molecule has 0 bridgehead atoms. The average molecular weight is 375 g/mol. The van der Waals surface area contributed by atoms with Gasteiger partial charge in [-0.25, -0.2) is 4.68 Å². The van der Waals surface area contributed by atoms with Crippen LogP contribution in [0.3, 0.4) is 0 Å². The average Bonchev–Trinajstić information content (AvgIpc) is 2.93. The first kappa shape index (κ1) is 18.6. The van der Waals surface area contributed by atoms with Crippen molar-refractivity contribution in [3.05, 3.63) is 46.8 Å². The summed E-state index contributed by atoms with van der Waals surface area (Å²) >= 11 is 5.07. The van der Waals surface area contributed by atoms with Gasteiger partial charge >= 0.3 is 6.18 Å². The molecule has 2 N–H and O–H groups in total. The maximum Gasteiger partial charge on any atom is 0.411 e. The number of halogens is 3. The minimum atomic E-state index is -4.40. The van der Waals surface area contributed by atoms with E-state index in [1.165, 1.54) is 41.3 Å². The smallest absolute Gasteiger partial charge is 0.350 e. The Hall–Kier alpha value is -2.73. The topological polar surface area (TPSA) is 94.3 Å². The Bertz CT molecular complexity index is 748. The number of nitrogens with one attached hydrogen (secondary N) is 2. The Morgan fingerprint density at radius 3 is 2.52 bits per heavy atom. The van der Waals surface area contributed by atoms with Crippen LogP contribution < -0.4 is 10.6 Å². The van der Waals surface area contributed by atoms with Gasteiger partial charge in [0.25, 0.3) is 5.69 Å². The molecule has 0 atom stereocenters. The van der Waals surface area contributed by atoms with Crippen LogP contribution in [-0.4, -0.2) is 32.6 Å². The monoisotopic (exact) mass is 375 g/mol. The fourth-order valence-electron chi connectivity index (χ4n) is 1.71. The van der Waals surface area contributed by atoms with Crippen LogP contribution in [0.5, 0.6) is 0 Å². The lowest BCUT2D eigenvalue weighted by Gasteiger charge is -2.09. The molecule has 8 nitrogen and oxygen atoms in total. The molecule has 0 amide bonds. The lowest BCUT2D eigenvalue weighted by atomic mass is 10.3. The number of non-ortho nitro benzene ring substituents is 1. The van der Waals surface area contributed by atoms with E-state index in [9.17, 15) is 23.3 Å². The molecule has 1 aromatic heterocycles. The van der Waals surface area contributed by atoms with Crippen molar-refractivity contribution < 1.29 is 22.8 Å². The fraction of sp³-hybridized carbons (Fsp3) is 0.231. The number of nitrogens with zero attached hydrogens (tertiary/aromatic N) is 3. The molecule has 25 heavy (non-hydrogen) atoms.